The third kappa shape index (κ3) is 6.38. The summed E-state index contributed by atoms with van der Waals surface area (Å²) < 4.78 is 0. The van der Waals surface area contributed by atoms with Gasteiger partial charge in [0.1, 0.15) is 0 Å². The second-order valence-corrected chi connectivity index (χ2v) is 7.61. The Morgan fingerprint density at radius 3 is 2.40 bits per heavy atom. The molecule has 0 aliphatic heterocycles. The van der Waals surface area contributed by atoms with Crippen molar-refractivity contribution in [1.82, 2.24) is 5.43 Å². The van der Waals surface area contributed by atoms with E-state index < -0.39 is 0 Å². The molecule has 1 N–H and O–H groups in total. The van der Waals surface area contributed by atoms with Gasteiger partial charge in [0.15, 0.2) is 0 Å². The summed E-state index contributed by atoms with van der Waals surface area (Å²) in [6.07, 6.45) is 1.64. The molecule has 6 heteroatoms. The van der Waals surface area contributed by atoms with Crippen molar-refractivity contribution in [3.05, 3.63) is 69.2 Å². The maximum atomic E-state index is 11.8. The number of nitrogens with zero attached hydrogens (tertiary/aromatic N) is 1. The van der Waals surface area contributed by atoms with Crippen LogP contribution in [0.25, 0.3) is 0 Å². The second-order valence-electron chi connectivity index (χ2n) is 5.81. The summed E-state index contributed by atoms with van der Waals surface area (Å²) in [6, 6.07) is 13.5. The van der Waals surface area contributed by atoms with Crippen LogP contribution in [0.1, 0.15) is 36.5 Å². The van der Waals surface area contributed by atoms with Crippen LogP contribution in [-0.4, -0.2) is 17.9 Å². The van der Waals surface area contributed by atoms with Gasteiger partial charge in [-0.25, -0.2) is 5.43 Å². The van der Waals surface area contributed by atoms with Gasteiger partial charge in [0.05, 0.1) is 12.0 Å². The second kappa shape index (κ2) is 9.85. The lowest BCUT2D eigenvalue weighted by molar-refractivity contribution is -0.118. The smallest absolute Gasteiger partial charge is 0.250 e. The van der Waals surface area contributed by atoms with Crippen LogP contribution in [0, 0.1) is 0 Å². The van der Waals surface area contributed by atoms with Crippen molar-refractivity contribution in [3.8, 4) is 0 Å². The van der Waals surface area contributed by atoms with Crippen molar-refractivity contribution < 1.29 is 4.79 Å². The van der Waals surface area contributed by atoms with Gasteiger partial charge in [0.2, 0.25) is 5.91 Å². The van der Waals surface area contributed by atoms with E-state index in [0.717, 1.165) is 11.1 Å². The highest BCUT2D eigenvalue weighted by Gasteiger charge is 2.07. The zero-order chi connectivity index (χ0) is 18.2. The molecule has 0 aliphatic rings. The maximum absolute atomic E-state index is 11.8. The number of hydrogen-bond acceptors (Lipinski definition) is 3. The Bertz CT molecular complexity index is 725. The van der Waals surface area contributed by atoms with Crippen LogP contribution in [0.5, 0.6) is 0 Å². The predicted octanol–water partition coefficient (Wildman–Crippen LogP) is 5.50. The van der Waals surface area contributed by atoms with Crippen LogP contribution >= 0.6 is 35.0 Å². The summed E-state index contributed by atoms with van der Waals surface area (Å²) in [6.45, 7) is 4.30. The summed E-state index contributed by atoms with van der Waals surface area (Å²) in [5.74, 6) is 1.19. The van der Waals surface area contributed by atoms with E-state index in [4.69, 9.17) is 23.2 Å². The van der Waals surface area contributed by atoms with Crippen molar-refractivity contribution >= 4 is 47.1 Å². The molecule has 0 spiro atoms. The quantitative estimate of drug-likeness (QED) is 0.497. The molecule has 132 valence electrons. The van der Waals surface area contributed by atoms with Gasteiger partial charge in [-0.2, -0.15) is 5.10 Å². The number of hydrogen-bond donors (Lipinski definition) is 1. The van der Waals surface area contributed by atoms with Crippen molar-refractivity contribution in [1.29, 1.82) is 0 Å². The monoisotopic (exact) mass is 394 g/mol. The Balaban J connectivity index is 1.77. The zero-order valence-corrected chi connectivity index (χ0v) is 16.5. The van der Waals surface area contributed by atoms with E-state index in [1.165, 1.54) is 17.3 Å². The molecule has 0 unspecified atom stereocenters. The van der Waals surface area contributed by atoms with Gasteiger partial charge < -0.3 is 0 Å². The summed E-state index contributed by atoms with van der Waals surface area (Å²) in [4.78, 5) is 11.8. The topological polar surface area (TPSA) is 41.5 Å². The first-order valence-electron chi connectivity index (χ1n) is 7.90. The molecule has 0 aliphatic carbocycles. The van der Waals surface area contributed by atoms with Gasteiger partial charge in [-0.3, -0.25) is 4.79 Å². The fourth-order valence-electron chi connectivity index (χ4n) is 2.09. The van der Waals surface area contributed by atoms with Crippen LogP contribution in [0.2, 0.25) is 10.0 Å². The zero-order valence-electron chi connectivity index (χ0n) is 14.1. The van der Waals surface area contributed by atoms with E-state index >= 15 is 0 Å². The number of nitrogens with one attached hydrogen (secondary N) is 1. The van der Waals surface area contributed by atoms with E-state index in [2.05, 4.69) is 36.5 Å². The molecule has 2 aromatic carbocycles. The van der Waals surface area contributed by atoms with E-state index in [-0.39, 0.29) is 11.7 Å². The first-order valence-corrected chi connectivity index (χ1v) is 9.81. The van der Waals surface area contributed by atoms with Crippen LogP contribution in [-0.2, 0) is 10.5 Å². The Kier molecular flexibility index (Phi) is 7.82. The fraction of sp³-hybridized carbons (Fsp3) is 0.263. The molecule has 0 fully saturated rings. The standard InChI is InChI=1S/C19H20Cl2N2OS/c1-13(2)15-8-6-14(7-9-15)10-22-23-19(24)12-25-11-16-17(20)4-3-5-18(16)21/h3-10,13H,11-12H2,1-2H3,(H,23,24)/b22-10-. The lowest BCUT2D eigenvalue weighted by Crippen LogP contribution is -2.19. The number of hydrazone groups is 1. The average molecular weight is 395 g/mol. The van der Waals surface area contributed by atoms with Crippen molar-refractivity contribution in [2.75, 3.05) is 5.75 Å². The summed E-state index contributed by atoms with van der Waals surface area (Å²) in [7, 11) is 0. The molecule has 0 radical (unpaired) electrons. The Morgan fingerprint density at radius 2 is 1.80 bits per heavy atom. The van der Waals surface area contributed by atoms with E-state index in [0.29, 0.717) is 21.7 Å². The van der Waals surface area contributed by atoms with E-state index in [1.807, 2.05) is 12.1 Å². The van der Waals surface area contributed by atoms with Crippen LogP contribution in [0.15, 0.2) is 47.6 Å². The number of thioether (sulfide) groups is 1. The van der Waals surface area contributed by atoms with E-state index in [1.54, 1.807) is 24.4 Å². The van der Waals surface area contributed by atoms with Crippen molar-refractivity contribution in [2.45, 2.75) is 25.5 Å². The molecule has 0 saturated carbocycles. The third-order valence-corrected chi connectivity index (χ3v) is 5.21. The molecular weight excluding hydrogens is 375 g/mol. The molecule has 1 amide bonds. The fourth-order valence-corrected chi connectivity index (χ4v) is 3.65. The van der Waals surface area contributed by atoms with Crippen molar-refractivity contribution in [3.63, 3.8) is 0 Å². The Morgan fingerprint density at radius 1 is 1.16 bits per heavy atom. The lowest BCUT2D eigenvalue weighted by atomic mass is 10.0. The van der Waals surface area contributed by atoms with E-state index in [9.17, 15) is 4.79 Å². The number of halogens is 2. The Hall–Kier alpha value is -1.49. The SMILES string of the molecule is CC(C)c1ccc(/C=N\NC(=O)CSCc2c(Cl)cccc2Cl)cc1. The summed E-state index contributed by atoms with van der Waals surface area (Å²) in [5, 5.41) is 5.22. The highest BCUT2D eigenvalue weighted by molar-refractivity contribution is 7.99. The average Bonchev–Trinajstić information content (AvgIpc) is 2.58. The number of carbonyl (C=O) groups excluding carboxylic acids is 1. The minimum atomic E-state index is -0.164. The molecule has 0 heterocycles. The highest BCUT2D eigenvalue weighted by atomic mass is 35.5. The molecule has 3 nitrogen and oxygen atoms in total. The van der Waals surface area contributed by atoms with Gasteiger partial charge in [0, 0.05) is 15.8 Å². The molecule has 0 aromatic heterocycles. The number of benzene rings is 2. The van der Waals surface area contributed by atoms with Gasteiger partial charge in [-0.1, -0.05) is 67.4 Å². The van der Waals surface area contributed by atoms with Crippen LogP contribution < -0.4 is 5.43 Å². The lowest BCUT2D eigenvalue weighted by Gasteiger charge is -2.06. The van der Waals surface area contributed by atoms with Gasteiger partial charge in [-0.15, -0.1) is 11.8 Å². The highest BCUT2D eigenvalue weighted by Crippen LogP contribution is 2.28. The first-order chi connectivity index (χ1) is 12.0. The largest absolute Gasteiger partial charge is 0.272 e. The number of rotatable bonds is 7. The third-order valence-electron chi connectivity index (χ3n) is 3.55. The number of carbonyl (C=O) groups is 1. The molecule has 0 atom stereocenters. The minimum absolute atomic E-state index is 0.164. The predicted molar refractivity (Wildman–Crippen MR) is 109 cm³/mol. The van der Waals surface area contributed by atoms with Crippen LogP contribution in [0.3, 0.4) is 0 Å². The normalized spacial score (nSPS) is 11.2. The van der Waals surface area contributed by atoms with Gasteiger partial charge >= 0.3 is 0 Å². The molecule has 2 rings (SSSR count). The molecule has 2 aromatic rings. The van der Waals surface area contributed by atoms with Crippen LogP contribution in [0.4, 0.5) is 0 Å². The molecule has 0 bridgehead atoms. The maximum Gasteiger partial charge on any atom is 0.250 e. The molecular formula is C19H20Cl2N2OS. The minimum Gasteiger partial charge on any atom is -0.272 e. The number of amides is 1. The summed E-state index contributed by atoms with van der Waals surface area (Å²) >= 11 is 13.6. The Labute approximate surface area is 162 Å². The molecule has 25 heavy (non-hydrogen) atoms. The van der Waals surface area contributed by atoms with Crippen molar-refractivity contribution in [2.24, 2.45) is 5.10 Å². The molecule has 0 saturated heterocycles. The summed E-state index contributed by atoms with van der Waals surface area (Å²) in [5.41, 5.74) is 5.59. The van der Waals surface area contributed by atoms with Gasteiger partial charge in [-0.05, 0) is 34.7 Å². The first kappa shape index (κ1) is 19.8. The van der Waals surface area contributed by atoms with Gasteiger partial charge in [0.25, 0.3) is 0 Å².